The fraction of sp³-hybridized carbons (Fsp3) is 0. The van der Waals surface area contributed by atoms with E-state index in [1.54, 1.807) is 42.5 Å². The van der Waals surface area contributed by atoms with Gasteiger partial charge in [-0.15, -0.1) is 26.7 Å². The van der Waals surface area contributed by atoms with Crippen LogP contribution in [0.15, 0.2) is 171 Å². The van der Waals surface area contributed by atoms with E-state index in [-0.39, 0.29) is 39.9 Å². The van der Waals surface area contributed by atoms with Crippen molar-refractivity contribution in [2.45, 2.75) is 4.90 Å². The van der Waals surface area contributed by atoms with Gasteiger partial charge in [0.05, 0.1) is 21.6 Å². The van der Waals surface area contributed by atoms with Crippen molar-refractivity contribution in [3.63, 3.8) is 0 Å². The van der Waals surface area contributed by atoms with Crippen molar-refractivity contribution < 1.29 is 55.5 Å². The van der Waals surface area contributed by atoms with E-state index in [9.17, 15) is 48.5 Å². The van der Waals surface area contributed by atoms with Crippen LogP contribution in [0.5, 0.6) is 17.2 Å². The zero-order valence-corrected chi connectivity index (χ0v) is 33.1. The fourth-order valence-electron chi connectivity index (χ4n) is 6.17. The Labute approximate surface area is 355 Å². The minimum absolute atomic E-state index is 0. The van der Waals surface area contributed by atoms with E-state index in [1.807, 2.05) is 72.8 Å². The molecule has 0 aliphatic rings. The molecule has 19 heteroatoms. The summed E-state index contributed by atoms with van der Waals surface area (Å²) in [7, 11) is -4.54. The fourth-order valence-corrected chi connectivity index (χ4v) is 6.89. The molecule has 0 aliphatic carbocycles. The van der Waals surface area contributed by atoms with E-state index >= 15 is 0 Å². The molecule has 304 valence electrons. The minimum Gasteiger partial charge on any atom is -0.656 e. The number of phenolic OH excluding ortho intramolecular Hbond substituents is 3. The number of para-hydroxylation sites is 1. The summed E-state index contributed by atoms with van der Waals surface area (Å²) < 4.78 is 32.7. The molecule has 0 aromatic heterocycles. The molecule has 0 bridgehead atoms. The third-order valence-electron chi connectivity index (χ3n) is 8.97. The van der Waals surface area contributed by atoms with Crippen LogP contribution in [0, 0.1) is 20.2 Å². The second-order valence-electron chi connectivity index (χ2n) is 12.8. The number of phenols is 3. The first kappa shape index (κ1) is 42.8. The van der Waals surface area contributed by atoms with Gasteiger partial charge in [0.1, 0.15) is 33.5 Å². The third-order valence-corrected chi connectivity index (χ3v) is 9.86. The number of nitro benzene ring substituents is 2. The van der Waals surface area contributed by atoms with Crippen molar-refractivity contribution in [2.75, 3.05) is 0 Å². The van der Waals surface area contributed by atoms with Crippen molar-refractivity contribution in [3.05, 3.63) is 171 Å². The maximum Gasteiger partial charge on any atom is 0.319 e. The molecular formula is C42H28CrN7O10S-. The molecule has 4 N–H and O–H groups in total. The number of non-ortho nitro benzene ring substituents is 1. The summed E-state index contributed by atoms with van der Waals surface area (Å²) in [5, 5.41) is 77.5. The number of hydrogen-bond donors (Lipinski definition) is 4. The molecule has 17 nitrogen and oxygen atoms in total. The number of rotatable bonds is 9. The third kappa shape index (κ3) is 9.25. The van der Waals surface area contributed by atoms with Crippen LogP contribution in [0.1, 0.15) is 0 Å². The van der Waals surface area contributed by atoms with E-state index in [0.29, 0.717) is 39.3 Å². The molecule has 0 spiro atoms. The van der Waals surface area contributed by atoms with Crippen molar-refractivity contribution in [1.29, 1.82) is 0 Å². The zero-order valence-electron chi connectivity index (χ0n) is 31.0. The molecule has 0 heterocycles. The Hall–Kier alpha value is -7.82. The van der Waals surface area contributed by atoms with Gasteiger partial charge in [-0.25, -0.2) is 0 Å². The van der Waals surface area contributed by atoms with Gasteiger partial charge >= 0.3 is 5.69 Å². The first-order valence-electron chi connectivity index (χ1n) is 17.5. The standard InChI is InChI=1S/C22H14N5O5.C20H14N2O5S.Cr/c28-22-19(12-16(26(29)30)13-20(22)27(31)32)24-25-21-17-9-5-4-6-14(17)10-11-18(21)23-15-7-2-1-3-8-15;23-16-10-9-12-5-1-2-6-13(12)19(16)21-22-20-15-8-4-3-7-14(15)18(11-17(20)24)28(25,26)27;/h1-13H,(H-,23,24,25,28);1-11,23-24H,(H,25,26,27);/q-1;;. The van der Waals surface area contributed by atoms with Gasteiger partial charge in [0, 0.05) is 51.0 Å². The number of azo groups is 2. The molecule has 8 rings (SSSR count). The molecule has 0 atom stereocenters. The molecule has 8 aromatic rings. The summed E-state index contributed by atoms with van der Waals surface area (Å²) in [5.41, 5.74) is -0.0808. The number of hydrogen-bond acceptors (Lipinski definition) is 13. The van der Waals surface area contributed by atoms with Crippen molar-refractivity contribution in [3.8, 4) is 17.2 Å². The Balaban J connectivity index is 0.000000202. The summed E-state index contributed by atoms with van der Waals surface area (Å²) in [6.45, 7) is 0. The Morgan fingerprint density at radius 2 is 1.07 bits per heavy atom. The van der Waals surface area contributed by atoms with Crippen LogP contribution in [0.2, 0.25) is 0 Å². The average Bonchev–Trinajstić information content (AvgIpc) is 3.23. The minimum atomic E-state index is -4.54. The molecule has 0 amide bonds. The van der Waals surface area contributed by atoms with Crippen LogP contribution in [0.3, 0.4) is 0 Å². The van der Waals surface area contributed by atoms with Crippen LogP contribution in [0.4, 0.5) is 45.5 Å². The van der Waals surface area contributed by atoms with Gasteiger partial charge in [0.2, 0.25) is 5.75 Å². The van der Waals surface area contributed by atoms with Crippen molar-refractivity contribution >= 4 is 87.9 Å². The molecular weight excluding hydrogens is 847 g/mol. The quantitative estimate of drug-likeness (QED) is 0.0461. The molecule has 0 saturated heterocycles. The second kappa shape index (κ2) is 18.0. The van der Waals surface area contributed by atoms with Gasteiger partial charge in [-0.2, -0.15) is 13.5 Å². The average molecular weight is 875 g/mol. The predicted molar refractivity (Wildman–Crippen MR) is 224 cm³/mol. The smallest absolute Gasteiger partial charge is 0.319 e. The number of fused-ring (bicyclic) bond motifs is 3. The predicted octanol–water partition coefficient (Wildman–Crippen LogP) is 12.2. The van der Waals surface area contributed by atoms with Crippen LogP contribution >= 0.6 is 0 Å². The topological polar surface area (TPSA) is 265 Å². The zero-order chi connectivity index (χ0) is 42.6. The van der Waals surface area contributed by atoms with Crippen LogP contribution in [-0.2, 0) is 27.5 Å². The summed E-state index contributed by atoms with van der Waals surface area (Å²) in [6, 6.07) is 39.5. The van der Waals surface area contributed by atoms with Gasteiger partial charge in [0.25, 0.3) is 15.8 Å². The number of aromatic hydroxyl groups is 3. The molecule has 61 heavy (non-hydrogen) atoms. The van der Waals surface area contributed by atoms with E-state index in [1.165, 1.54) is 12.1 Å². The Morgan fingerprint density at radius 1 is 0.541 bits per heavy atom. The maximum atomic E-state index is 11.6. The monoisotopic (exact) mass is 874 g/mol. The molecule has 0 aliphatic heterocycles. The van der Waals surface area contributed by atoms with Gasteiger partial charge in [-0.3, -0.25) is 24.8 Å². The molecule has 0 saturated carbocycles. The largest absolute Gasteiger partial charge is 0.656 e. The second-order valence-corrected chi connectivity index (χ2v) is 14.2. The SMILES string of the molecule is O=S(=O)(O)c1cc(O)c(N=Nc2c(O)ccc3ccccc23)c2ccccc12.O=[N+]([O-])c1cc(N=Nc2c([N-]c3ccccc3)ccc3ccccc23)c(O)c([N+](=O)[O-])c1.[Cr]. The molecule has 0 radical (unpaired) electrons. The number of benzene rings is 8. The molecule has 0 unspecified atom stereocenters. The summed E-state index contributed by atoms with van der Waals surface area (Å²) >= 11 is 0. The Bertz CT molecular complexity index is 3170. The normalized spacial score (nSPS) is 11.4. The molecule has 8 aromatic carbocycles. The first-order valence-corrected chi connectivity index (χ1v) is 18.9. The van der Waals surface area contributed by atoms with E-state index in [0.717, 1.165) is 22.9 Å². The maximum absolute atomic E-state index is 11.6. The van der Waals surface area contributed by atoms with Crippen molar-refractivity contribution in [2.24, 2.45) is 20.5 Å². The van der Waals surface area contributed by atoms with Crippen molar-refractivity contribution in [1.82, 2.24) is 0 Å². The van der Waals surface area contributed by atoms with Gasteiger partial charge in [-0.1, -0.05) is 121 Å². The summed E-state index contributed by atoms with van der Waals surface area (Å²) in [4.78, 5) is 20.2. The van der Waals surface area contributed by atoms with E-state index in [2.05, 4.69) is 25.8 Å². The van der Waals surface area contributed by atoms with Gasteiger partial charge in [0.15, 0.2) is 0 Å². The summed E-state index contributed by atoms with van der Waals surface area (Å²) in [5.74, 6) is -1.36. The Kier molecular flexibility index (Phi) is 12.6. The first-order chi connectivity index (χ1) is 28.8. The van der Waals surface area contributed by atoms with Crippen LogP contribution in [0.25, 0.3) is 37.6 Å². The van der Waals surface area contributed by atoms with Gasteiger partial charge in [-0.05, 0) is 16.8 Å². The van der Waals surface area contributed by atoms with Gasteiger partial charge < -0.3 is 20.6 Å². The Morgan fingerprint density at radius 3 is 1.67 bits per heavy atom. The number of nitro groups is 2. The van der Waals surface area contributed by atoms with Crippen LogP contribution < -0.4 is 0 Å². The summed E-state index contributed by atoms with van der Waals surface area (Å²) in [6.07, 6.45) is 0. The molecule has 0 fully saturated rings. The number of nitrogens with zero attached hydrogens (tertiary/aromatic N) is 7. The van der Waals surface area contributed by atoms with Crippen LogP contribution in [-0.4, -0.2) is 38.1 Å². The van der Waals surface area contributed by atoms with E-state index < -0.39 is 53.4 Å². The van der Waals surface area contributed by atoms with E-state index in [4.69, 9.17) is 0 Å².